The highest BCUT2D eigenvalue weighted by molar-refractivity contribution is 7.89. The summed E-state index contributed by atoms with van der Waals surface area (Å²) in [7, 11) is -2.00. The molecular formula is C15H22ClN3O3S. The van der Waals surface area contributed by atoms with Crippen LogP contribution in [0, 0.1) is 18.3 Å². The molecular weight excluding hydrogens is 338 g/mol. The van der Waals surface area contributed by atoms with Crippen molar-refractivity contribution < 1.29 is 13.2 Å². The van der Waals surface area contributed by atoms with E-state index in [1.54, 1.807) is 14.0 Å². The molecule has 0 aliphatic carbocycles. The highest BCUT2D eigenvalue weighted by Gasteiger charge is 2.34. The Morgan fingerprint density at radius 1 is 1.48 bits per heavy atom. The number of halogens is 1. The van der Waals surface area contributed by atoms with Crippen LogP contribution >= 0.6 is 12.4 Å². The maximum absolute atomic E-state index is 12.4. The zero-order valence-corrected chi connectivity index (χ0v) is 14.9. The Morgan fingerprint density at radius 2 is 2.22 bits per heavy atom. The molecule has 1 unspecified atom stereocenters. The van der Waals surface area contributed by atoms with Crippen molar-refractivity contribution in [1.82, 2.24) is 10.0 Å². The smallest absolute Gasteiger partial charge is 0.240 e. The minimum Gasteiger partial charge on any atom is -0.383 e. The van der Waals surface area contributed by atoms with Gasteiger partial charge in [0, 0.05) is 13.7 Å². The average molecular weight is 360 g/mol. The van der Waals surface area contributed by atoms with Crippen LogP contribution in [0.25, 0.3) is 0 Å². The first-order valence-electron chi connectivity index (χ1n) is 7.17. The summed E-state index contributed by atoms with van der Waals surface area (Å²) in [5, 5.41) is 12.2. The third kappa shape index (κ3) is 4.66. The quantitative estimate of drug-likeness (QED) is 0.799. The highest BCUT2D eigenvalue weighted by Crippen LogP contribution is 2.20. The van der Waals surface area contributed by atoms with Crippen molar-refractivity contribution >= 4 is 22.4 Å². The van der Waals surface area contributed by atoms with E-state index in [1.165, 1.54) is 18.2 Å². The Morgan fingerprint density at radius 3 is 2.74 bits per heavy atom. The van der Waals surface area contributed by atoms with E-state index in [0.29, 0.717) is 17.7 Å². The topological polar surface area (TPSA) is 91.2 Å². The molecule has 0 bridgehead atoms. The Balaban J connectivity index is 0.00000264. The lowest BCUT2D eigenvalue weighted by Crippen LogP contribution is -2.52. The summed E-state index contributed by atoms with van der Waals surface area (Å²) >= 11 is 0. The number of sulfonamides is 1. The van der Waals surface area contributed by atoms with E-state index in [9.17, 15) is 8.42 Å². The van der Waals surface area contributed by atoms with Crippen LogP contribution in [0.1, 0.15) is 24.0 Å². The number of nitriles is 1. The Bertz CT molecular complexity index is 680. The van der Waals surface area contributed by atoms with Gasteiger partial charge in [-0.05, 0) is 50.1 Å². The van der Waals surface area contributed by atoms with Gasteiger partial charge in [0.15, 0.2) is 0 Å². The van der Waals surface area contributed by atoms with Gasteiger partial charge in [-0.25, -0.2) is 13.1 Å². The van der Waals surface area contributed by atoms with Gasteiger partial charge in [-0.3, -0.25) is 0 Å². The lowest BCUT2D eigenvalue weighted by molar-refractivity contribution is 0.122. The molecule has 1 atom stereocenters. The van der Waals surface area contributed by atoms with Crippen LogP contribution in [0.4, 0.5) is 0 Å². The summed E-state index contributed by atoms with van der Waals surface area (Å²) in [6.45, 7) is 3.33. The molecule has 8 heteroatoms. The normalized spacial score (nSPS) is 20.7. The van der Waals surface area contributed by atoms with Gasteiger partial charge in [-0.15, -0.1) is 12.4 Å². The van der Waals surface area contributed by atoms with Gasteiger partial charge >= 0.3 is 0 Å². The van der Waals surface area contributed by atoms with E-state index in [0.717, 1.165) is 19.4 Å². The van der Waals surface area contributed by atoms with E-state index in [1.807, 2.05) is 6.07 Å². The fraction of sp³-hybridized carbons (Fsp3) is 0.533. The molecule has 1 aliphatic rings. The molecule has 2 N–H and O–H groups in total. The van der Waals surface area contributed by atoms with Gasteiger partial charge in [-0.2, -0.15) is 5.26 Å². The lowest BCUT2D eigenvalue weighted by Gasteiger charge is -2.28. The third-order valence-corrected chi connectivity index (χ3v) is 5.38. The van der Waals surface area contributed by atoms with Gasteiger partial charge in [0.25, 0.3) is 0 Å². The fourth-order valence-corrected chi connectivity index (χ4v) is 3.93. The molecule has 128 valence electrons. The summed E-state index contributed by atoms with van der Waals surface area (Å²) in [4.78, 5) is 0.176. The molecule has 1 aromatic carbocycles. The number of aryl methyl sites for hydroxylation is 1. The molecule has 23 heavy (non-hydrogen) atoms. The van der Waals surface area contributed by atoms with E-state index in [-0.39, 0.29) is 29.4 Å². The van der Waals surface area contributed by atoms with Crippen molar-refractivity contribution in [3.8, 4) is 6.07 Å². The molecule has 1 saturated heterocycles. The van der Waals surface area contributed by atoms with Crippen LogP contribution < -0.4 is 10.0 Å². The number of rotatable bonds is 6. The molecule has 1 aliphatic heterocycles. The first kappa shape index (κ1) is 19.9. The second-order valence-electron chi connectivity index (χ2n) is 5.66. The maximum Gasteiger partial charge on any atom is 0.240 e. The molecule has 2 rings (SSSR count). The minimum absolute atomic E-state index is 0. The van der Waals surface area contributed by atoms with Crippen molar-refractivity contribution in [3.05, 3.63) is 29.3 Å². The molecule has 1 heterocycles. The maximum atomic E-state index is 12.4. The molecule has 1 fully saturated rings. The van der Waals surface area contributed by atoms with Crippen molar-refractivity contribution in [2.45, 2.75) is 30.2 Å². The van der Waals surface area contributed by atoms with Crippen LogP contribution in [0.2, 0.25) is 0 Å². The molecule has 0 radical (unpaired) electrons. The summed E-state index contributed by atoms with van der Waals surface area (Å²) < 4.78 is 32.7. The molecule has 6 nitrogen and oxygen atoms in total. The number of nitrogens with zero attached hydrogens (tertiary/aromatic N) is 1. The lowest BCUT2D eigenvalue weighted by atomic mass is 9.99. The van der Waals surface area contributed by atoms with Crippen LogP contribution in [-0.4, -0.2) is 40.8 Å². The largest absolute Gasteiger partial charge is 0.383 e. The summed E-state index contributed by atoms with van der Waals surface area (Å²) in [6, 6.07) is 6.54. The molecule has 0 amide bonds. The van der Waals surface area contributed by atoms with Crippen LogP contribution in [0.5, 0.6) is 0 Å². The predicted octanol–water partition coefficient (Wildman–Crippen LogP) is 1.34. The summed E-state index contributed by atoms with van der Waals surface area (Å²) in [6.07, 6.45) is 1.87. The highest BCUT2D eigenvalue weighted by atomic mass is 35.5. The van der Waals surface area contributed by atoms with Gasteiger partial charge in [-0.1, -0.05) is 0 Å². The number of methoxy groups -OCH3 is 1. The Hall–Kier alpha value is -1.17. The number of hydrogen-bond acceptors (Lipinski definition) is 5. The van der Waals surface area contributed by atoms with E-state index in [2.05, 4.69) is 10.0 Å². The predicted molar refractivity (Wildman–Crippen MR) is 90.2 cm³/mol. The van der Waals surface area contributed by atoms with Crippen LogP contribution in [0.3, 0.4) is 0 Å². The fourth-order valence-electron chi connectivity index (χ4n) is 2.72. The van der Waals surface area contributed by atoms with Crippen molar-refractivity contribution in [2.75, 3.05) is 26.8 Å². The molecule has 1 aromatic rings. The van der Waals surface area contributed by atoms with Gasteiger partial charge in [0.05, 0.1) is 28.7 Å². The molecule has 0 spiro atoms. The van der Waals surface area contributed by atoms with Gasteiger partial charge < -0.3 is 10.1 Å². The number of ether oxygens (including phenoxy) is 1. The first-order valence-corrected chi connectivity index (χ1v) is 8.65. The SMILES string of the molecule is COCC1(CNS(=O)(=O)c2ccc(C#N)c(C)c2)CCCN1.Cl. The number of hydrogen-bond donors (Lipinski definition) is 2. The monoisotopic (exact) mass is 359 g/mol. The van der Waals surface area contributed by atoms with Crippen molar-refractivity contribution in [3.63, 3.8) is 0 Å². The number of nitrogens with one attached hydrogen (secondary N) is 2. The van der Waals surface area contributed by atoms with Crippen LogP contribution in [0.15, 0.2) is 23.1 Å². The average Bonchev–Trinajstić information content (AvgIpc) is 2.95. The summed E-state index contributed by atoms with van der Waals surface area (Å²) in [5.41, 5.74) is 0.784. The van der Waals surface area contributed by atoms with Gasteiger partial charge in [0.2, 0.25) is 10.0 Å². The van der Waals surface area contributed by atoms with Crippen molar-refractivity contribution in [1.29, 1.82) is 5.26 Å². The van der Waals surface area contributed by atoms with E-state index < -0.39 is 10.0 Å². The van der Waals surface area contributed by atoms with Gasteiger partial charge in [0.1, 0.15) is 0 Å². The van der Waals surface area contributed by atoms with Crippen molar-refractivity contribution in [2.24, 2.45) is 0 Å². The molecule has 0 aromatic heterocycles. The third-order valence-electron chi connectivity index (χ3n) is 3.98. The zero-order valence-electron chi connectivity index (χ0n) is 13.3. The molecule has 0 saturated carbocycles. The second-order valence-corrected chi connectivity index (χ2v) is 7.42. The van der Waals surface area contributed by atoms with E-state index >= 15 is 0 Å². The van der Waals surface area contributed by atoms with Crippen LogP contribution in [-0.2, 0) is 14.8 Å². The minimum atomic E-state index is -3.61. The van der Waals surface area contributed by atoms with E-state index in [4.69, 9.17) is 10.00 Å². The summed E-state index contributed by atoms with van der Waals surface area (Å²) in [5.74, 6) is 0. The second kappa shape index (κ2) is 8.08. The zero-order chi connectivity index (χ0) is 16.2. The first-order chi connectivity index (χ1) is 10.4. The Labute approximate surface area is 143 Å². The Kier molecular flexibility index (Phi) is 6.99. The number of benzene rings is 1. The standard InChI is InChI=1S/C15H21N3O3S.ClH/c1-12-8-14(5-4-13(12)9-16)22(19,20)18-10-15(11-21-2)6-3-7-17-15;/h4-5,8,17-18H,3,6-7,10-11H2,1-2H3;1H.